The zero-order valence-electron chi connectivity index (χ0n) is 19.7. The van der Waals surface area contributed by atoms with Crippen LogP contribution in [0.5, 0.6) is 0 Å². The van der Waals surface area contributed by atoms with E-state index in [-0.39, 0.29) is 16.7 Å². The van der Waals surface area contributed by atoms with E-state index in [1.165, 1.54) is 6.07 Å². The van der Waals surface area contributed by atoms with E-state index in [1.807, 2.05) is 37.3 Å². The van der Waals surface area contributed by atoms with E-state index in [1.54, 1.807) is 21.9 Å². The van der Waals surface area contributed by atoms with Gasteiger partial charge in [-0.2, -0.15) is 4.72 Å². The molecular formula is C26H33N3O4S. The largest absolute Gasteiger partial charge is 0.341 e. The Labute approximate surface area is 202 Å². The maximum atomic E-state index is 13.5. The number of nitrogens with zero attached hydrogens (tertiary/aromatic N) is 2. The molecule has 2 aromatic rings. The molecule has 7 nitrogen and oxygen atoms in total. The van der Waals surface area contributed by atoms with Crippen LogP contribution in [0.15, 0.2) is 53.4 Å². The average Bonchev–Trinajstić information content (AvgIpc) is 3.08. The van der Waals surface area contributed by atoms with Crippen LogP contribution in [0, 0.1) is 0 Å². The number of carbonyl (C=O) groups is 2. The van der Waals surface area contributed by atoms with Crippen LogP contribution in [0.1, 0.15) is 50.2 Å². The molecule has 0 unspecified atom stereocenters. The van der Waals surface area contributed by atoms with Crippen molar-refractivity contribution < 1.29 is 18.0 Å². The summed E-state index contributed by atoms with van der Waals surface area (Å²) in [5.41, 5.74) is 2.51. The average molecular weight is 484 g/mol. The first-order chi connectivity index (χ1) is 16.4. The Morgan fingerprint density at radius 3 is 2.35 bits per heavy atom. The molecule has 0 aromatic heterocycles. The summed E-state index contributed by atoms with van der Waals surface area (Å²) in [6.07, 6.45) is 5.37. The minimum atomic E-state index is -3.94. The molecular weight excluding hydrogens is 450 g/mol. The Balaban J connectivity index is 1.58. The van der Waals surface area contributed by atoms with Crippen molar-refractivity contribution in [3.05, 3.63) is 59.7 Å². The Bertz CT molecular complexity index is 1130. The van der Waals surface area contributed by atoms with Crippen LogP contribution >= 0.6 is 0 Å². The summed E-state index contributed by atoms with van der Waals surface area (Å²) in [4.78, 5) is 29.3. The van der Waals surface area contributed by atoms with Gasteiger partial charge in [-0.05, 0) is 55.0 Å². The second kappa shape index (κ2) is 10.7. The van der Waals surface area contributed by atoms with Crippen LogP contribution in [0.4, 0.5) is 5.69 Å². The van der Waals surface area contributed by atoms with Gasteiger partial charge in [0.25, 0.3) is 0 Å². The minimum absolute atomic E-state index is 0.0263. The van der Waals surface area contributed by atoms with Crippen molar-refractivity contribution >= 4 is 27.5 Å². The predicted octanol–water partition coefficient (Wildman–Crippen LogP) is 3.28. The zero-order valence-corrected chi connectivity index (χ0v) is 20.5. The van der Waals surface area contributed by atoms with Gasteiger partial charge in [0.15, 0.2) is 0 Å². The van der Waals surface area contributed by atoms with Crippen LogP contribution in [0.2, 0.25) is 0 Å². The highest BCUT2D eigenvalue weighted by Gasteiger charge is 2.31. The summed E-state index contributed by atoms with van der Waals surface area (Å²) < 4.78 is 29.5. The maximum Gasteiger partial charge on any atom is 0.241 e. The Kier molecular flexibility index (Phi) is 7.68. The summed E-state index contributed by atoms with van der Waals surface area (Å²) in [5, 5.41) is 0. The summed E-state index contributed by atoms with van der Waals surface area (Å²) in [6, 6.07) is 13.5. The van der Waals surface area contributed by atoms with E-state index >= 15 is 0 Å². The number of anilines is 1. The quantitative estimate of drug-likeness (QED) is 0.655. The van der Waals surface area contributed by atoms with E-state index in [0.717, 1.165) is 42.5 Å². The van der Waals surface area contributed by atoms with Gasteiger partial charge >= 0.3 is 0 Å². The highest BCUT2D eigenvalue weighted by Crippen LogP contribution is 2.31. The molecule has 1 saturated heterocycles. The summed E-state index contributed by atoms with van der Waals surface area (Å²) in [7, 11) is -3.94. The zero-order chi connectivity index (χ0) is 24.1. The third kappa shape index (κ3) is 5.50. The monoisotopic (exact) mass is 483 g/mol. The van der Waals surface area contributed by atoms with Gasteiger partial charge in [0.2, 0.25) is 21.8 Å². The fourth-order valence-electron chi connectivity index (χ4n) is 4.79. The lowest BCUT2D eigenvalue weighted by molar-refractivity contribution is -0.133. The van der Waals surface area contributed by atoms with Crippen molar-refractivity contribution in [1.29, 1.82) is 0 Å². The van der Waals surface area contributed by atoms with Crippen molar-refractivity contribution in [3.8, 4) is 0 Å². The Morgan fingerprint density at radius 1 is 0.971 bits per heavy atom. The molecule has 2 aliphatic heterocycles. The van der Waals surface area contributed by atoms with Crippen molar-refractivity contribution in [2.75, 3.05) is 24.5 Å². The van der Waals surface area contributed by atoms with Gasteiger partial charge in [-0.15, -0.1) is 0 Å². The number of nitrogens with one attached hydrogen (secondary N) is 1. The topological polar surface area (TPSA) is 86.8 Å². The number of rotatable bonds is 7. The fraction of sp³-hybridized carbons (Fsp3) is 0.462. The molecule has 0 bridgehead atoms. The number of likely N-dealkylation sites (tertiary alicyclic amines) is 1. The number of sulfonamides is 1. The molecule has 8 heteroatoms. The van der Waals surface area contributed by atoms with Crippen LogP contribution in [-0.4, -0.2) is 50.8 Å². The first-order valence-corrected chi connectivity index (χ1v) is 13.7. The highest BCUT2D eigenvalue weighted by atomic mass is 32.2. The van der Waals surface area contributed by atoms with Crippen LogP contribution in [0.25, 0.3) is 0 Å². The van der Waals surface area contributed by atoms with E-state index in [4.69, 9.17) is 0 Å². The molecule has 0 spiro atoms. The van der Waals surface area contributed by atoms with Crippen LogP contribution in [0.3, 0.4) is 0 Å². The lowest BCUT2D eigenvalue weighted by atomic mass is 10.1. The highest BCUT2D eigenvalue weighted by molar-refractivity contribution is 7.89. The minimum Gasteiger partial charge on any atom is -0.341 e. The molecule has 0 aliphatic carbocycles. The summed E-state index contributed by atoms with van der Waals surface area (Å²) >= 11 is 0. The van der Waals surface area contributed by atoms with Gasteiger partial charge in [0, 0.05) is 31.7 Å². The molecule has 0 radical (unpaired) electrons. The van der Waals surface area contributed by atoms with Gasteiger partial charge in [-0.3, -0.25) is 9.59 Å². The molecule has 4 rings (SSSR count). The number of hydrogen-bond donors (Lipinski definition) is 1. The normalized spacial score (nSPS) is 17.2. The van der Waals surface area contributed by atoms with Gasteiger partial charge in [0.05, 0.1) is 4.90 Å². The third-order valence-corrected chi connectivity index (χ3v) is 8.13. The first-order valence-electron chi connectivity index (χ1n) is 12.2. The maximum absolute atomic E-state index is 13.5. The smallest absolute Gasteiger partial charge is 0.241 e. The Morgan fingerprint density at radius 2 is 1.68 bits per heavy atom. The molecule has 2 aromatic carbocycles. The second-order valence-electron chi connectivity index (χ2n) is 9.04. The van der Waals surface area contributed by atoms with Gasteiger partial charge in [-0.1, -0.05) is 50.1 Å². The standard InChI is InChI=1S/C26H33N3O4S/c1-2-25(30)29-17-14-21-19-22(12-13-24(21)29)34(32,33)27-23(18-20-10-6-5-7-11-20)26(31)28-15-8-3-4-9-16-28/h5-7,10-13,19,23,27H,2-4,8-9,14-18H2,1H3/t23-/m1/s1. The number of benzene rings is 2. The number of carbonyl (C=O) groups excluding carboxylic acids is 2. The Hall–Kier alpha value is -2.71. The van der Waals surface area contributed by atoms with Crippen LogP contribution < -0.4 is 9.62 Å². The first kappa shape index (κ1) is 24.4. The molecule has 34 heavy (non-hydrogen) atoms. The van der Waals surface area contributed by atoms with Gasteiger partial charge < -0.3 is 9.80 Å². The van der Waals surface area contributed by atoms with Crippen molar-refractivity contribution in [3.63, 3.8) is 0 Å². The molecule has 1 atom stereocenters. The number of hydrogen-bond acceptors (Lipinski definition) is 4. The SMILES string of the molecule is CCC(=O)N1CCc2cc(S(=O)(=O)N[C@H](Cc3ccccc3)C(=O)N3CCCCCC3)ccc21. The lowest BCUT2D eigenvalue weighted by Gasteiger charge is -2.27. The second-order valence-corrected chi connectivity index (χ2v) is 10.8. The summed E-state index contributed by atoms with van der Waals surface area (Å²) in [5.74, 6) is -0.145. The third-order valence-electron chi connectivity index (χ3n) is 6.66. The molecule has 182 valence electrons. The van der Waals surface area contributed by atoms with E-state index in [9.17, 15) is 18.0 Å². The van der Waals surface area contributed by atoms with Gasteiger partial charge in [0.1, 0.15) is 6.04 Å². The van der Waals surface area contributed by atoms with Crippen LogP contribution in [-0.2, 0) is 32.5 Å². The molecule has 2 amide bonds. The van der Waals surface area contributed by atoms with E-state index < -0.39 is 16.1 Å². The van der Waals surface area contributed by atoms with E-state index in [2.05, 4.69) is 4.72 Å². The van der Waals surface area contributed by atoms with Gasteiger partial charge in [-0.25, -0.2) is 8.42 Å². The van der Waals surface area contributed by atoms with Crippen molar-refractivity contribution in [2.24, 2.45) is 0 Å². The summed E-state index contributed by atoms with van der Waals surface area (Å²) in [6.45, 7) is 3.69. The fourth-order valence-corrected chi connectivity index (χ4v) is 6.03. The van der Waals surface area contributed by atoms with Crippen molar-refractivity contribution in [1.82, 2.24) is 9.62 Å². The number of fused-ring (bicyclic) bond motifs is 1. The van der Waals surface area contributed by atoms with E-state index in [0.29, 0.717) is 38.9 Å². The number of amides is 2. The predicted molar refractivity (Wildman–Crippen MR) is 132 cm³/mol. The lowest BCUT2D eigenvalue weighted by Crippen LogP contribution is -2.50. The molecule has 1 fully saturated rings. The van der Waals surface area contributed by atoms with Crippen molar-refractivity contribution in [2.45, 2.75) is 62.8 Å². The molecule has 2 heterocycles. The molecule has 1 N–H and O–H groups in total. The molecule has 0 saturated carbocycles. The molecule has 2 aliphatic rings.